The molecule has 2 heterocycles. The molecule has 0 amide bonds. The topological polar surface area (TPSA) is 36.9 Å². The van der Waals surface area contributed by atoms with Gasteiger partial charge in [-0.1, -0.05) is 74.4 Å². The summed E-state index contributed by atoms with van der Waals surface area (Å²) in [7, 11) is -0.556. The Balaban J connectivity index is -0.000000286. The van der Waals surface area contributed by atoms with Crippen molar-refractivity contribution in [3.8, 4) is 0 Å². The minimum atomic E-state index is -0.304. The van der Waals surface area contributed by atoms with Crippen molar-refractivity contribution in [1.82, 2.24) is 0 Å². The van der Waals surface area contributed by atoms with Crippen LogP contribution in [0.2, 0.25) is 6.22 Å². The van der Waals surface area contributed by atoms with Gasteiger partial charge in [0.25, 0.3) is 0 Å². The van der Waals surface area contributed by atoms with Gasteiger partial charge in [-0.25, -0.2) is 0 Å². The van der Waals surface area contributed by atoms with E-state index in [1.165, 1.54) is 6.42 Å². The van der Waals surface area contributed by atoms with Crippen molar-refractivity contribution in [2.75, 3.05) is 4.24 Å². The standard InChI is InChI=1S/C13H26B2O4.C3H8.CH2Br2.3CH4/c1-10(2)11(3,4)17-14(16-10)9-15-18-12(5,6)13(7,8)19-15;1-3-2;2-1-3;;;/h9H2,1-8H3;3H2,1-2H3;1H2;3*1H4. The van der Waals surface area contributed by atoms with E-state index in [0.29, 0.717) is 6.22 Å². The Bertz CT molecular complexity index is 338. The van der Waals surface area contributed by atoms with Gasteiger partial charge in [-0.15, -0.1) is 0 Å². The van der Waals surface area contributed by atoms with Crippen LogP contribution in [0.5, 0.6) is 0 Å². The molecule has 0 radical (unpaired) electrons. The summed E-state index contributed by atoms with van der Waals surface area (Å²) in [6.45, 7) is 20.7. The molecule has 28 heavy (non-hydrogen) atoms. The van der Waals surface area contributed by atoms with Crippen molar-refractivity contribution in [2.45, 2.75) is 127 Å². The molecule has 4 nitrogen and oxygen atoms in total. The first kappa shape index (κ1) is 36.3. The largest absolute Gasteiger partial charge is 0.455 e. The molecule has 0 saturated carbocycles. The molecule has 2 aliphatic rings. The van der Waals surface area contributed by atoms with Gasteiger partial charge in [0.1, 0.15) is 0 Å². The van der Waals surface area contributed by atoms with Crippen LogP contribution in [0.3, 0.4) is 0 Å². The van der Waals surface area contributed by atoms with E-state index in [-0.39, 0.29) is 58.9 Å². The first-order valence-electron chi connectivity index (χ1n) is 9.02. The predicted molar refractivity (Wildman–Crippen MR) is 136 cm³/mol. The fourth-order valence-corrected chi connectivity index (χ4v) is 2.28. The monoisotopic (exact) mass is 532 g/mol. The Morgan fingerprint density at radius 1 is 0.571 bits per heavy atom. The van der Waals surface area contributed by atoms with E-state index in [4.69, 9.17) is 18.6 Å². The van der Waals surface area contributed by atoms with Gasteiger partial charge in [0.15, 0.2) is 0 Å². The third-order valence-electron chi connectivity index (χ3n) is 4.99. The predicted octanol–water partition coefficient (Wildman–Crippen LogP) is 7.77. The Morgan fingerprint density at radius 2 is 0.714 bits per heavy atom. The average molecular weight is 534 g/mol. The van der Waals surface area contributed by atoms with Gasteiger partial charge in [0.05, 0.1) is 26.6 Å². The van der Waals surface area contributed by atoms with Crippen LogP contribution in [0, 0.1) is 0 Å². The smallest absolute Gasteiger partial charge is 0.404 e. The van der Waals surface area contributed by atoms with Crippen LogP contribution in [0.25, 0.3) is 0 Å². The van der Waals surface area contributed by atoms with Gasteiger partial charge in [-0.05, 0) is 55.4 Å². The summed E-state index contributed by atoms with van der Waals surface area (Å²) < 4.78 is 24.8. The zero-order chi connectivity index (χ0) is 20.1. The molecule has 0 bridgehead atoms. The van der Waals surface area contributed by atoms with E-state index < -0.39 is 0 Å². The highest BCUT2D eigenvalue weighted by Gasteiger charge is 2.56. The van der Waals surface area contributed by atoms with Crippen LogP contribution in [0.4, 0.5) is 0 Å². The van der Waals surface area contributed by atoms with Crippen molar-refractivity contribution in [1.29, 1.82) is 0 Å². The second kappa shape index (κ2) is 14.1. The number of halogens is 2. The highest BCUT2D eigenvalue weighted by Crippen LogP contribution is 2.41. The molecule has 0 atom stereocenters. The summed E-state index contributed by atoms with van der Waals surface area (Å²) in [4.78, 5) is 0. The fraction of sp³-hybridized carbons (Fsp3) is 1.00. The first-order chi connectivity index (χ1) is 11.2. The maximum Gasteiger partial charge on any atom is 0.455 e. The highest BCUT2D eigenvalue weighted by atomic mass is 79.9. The van der Waals surface area contributed by atoms with E-state index in [9.17, 15) is 0 Å². The van der Waals surface area contributed by atoms with Gasteiger partial charge in [0.2, 0.25) is 0 Å². The molecule has 2 aliphatic heterocycles. The molecule has 0 aromatic rings. The molecule has 0 aromatic heterocycles. The lowest BCUT2D eigenvalue weighted by molar-refractivity contribution is 0.00578. The number of hydrogen-bond donors (Lipinski definition) is 0. The van der Waals surface area contributed by atoms with E-state index in [1.807, 2.05) is 0 Å². The molecule has 2 rings (SSSR count). The zero-order valence-electron chi connectivity index (χ0n) is 17.7. The van der Waals surface area contributed by atoms with Crippen molar-refractivity contribution in [2.24, 2.45) is 0 Å². The second-order valence-electron chi connectivity index (χ2n) is 8.42. The summed E-state index contributed by atoms with van der Waals surface area (Å²) in [5.74, 6) is 0. The van der Waals surface area contributed by atoms with Crippen LogP contribution in [-0.4, -0.2) is 40.9 Å². The summed E-state index contributed by atoms with van der Waals surface area (Å²) in [6, 6.07) is 0. The molecule has 0 unspecified atom stereocenters. The van der Waals surface area contributed by atoms with Crippen LogP contribution in [0.1, 0.15) is 97.9 Å². The van der Waals surface area contributed by atoms with E-state index in [0.717, 1.165) is 4.24 Å². The van der Waals surface area contributed by atoms with Crippen molar-refractivity contribution in [3.63, 3.8) is 0 Å². The summed E-state index contributed by atoms with van der Waals surface area (Å²) in [5, 5.41) is 0. The maximum absolute atomic E-state index is 5.98. The van der Waals surface area contributed by atoms with E-state index in [1.54, 1.807) is 0 Å². The van der Waals surface area contributed by atoms with Crippen LogP contribution >= 0.6 is 31.9 Å². The number of rotatable bonds is 2. The molecule has 2 fully saturated rings. The van der Waals surface area contributed by atoms with Crippen molar-refractivity contribution in [3.05, 3.63) is 0 Å². The SMILES string of the molecule is BrCBr.C.C.C.CC1(C)OB(CB2OC(C)(C)C(C)(C)O2)OC1(C)C.CCC. The molecule has 172 valence electrons. The normalized spacial score (nSPS) is 22.3. The van der Waals surface area contributed by atoms with Crippen LogP contribution in [-0.2, 0) is 18.6 Å². The summed E-state index contributed by atoms with van der Waals surface area (Å²) in [5.41, 5.74) is -1.22. The van der Waals surface area contributed by atoms with Crippen LogP contribution in [0.15, 0.2) is 0 Å². The minimum Gasteiger partial charge on any atom is -0.404 e. The molecule has 0 aliphatic carbocycles. The zero-order valence-corrected chi connectivity index (χ0v) is 20.8. The fourth-order valence-electron chi connectivity index (χ4n) is 2.28. The quantitative estimate of drug-likeness (QED) is 0.268. The highest BCUT2D eigenvalue weighted by molar-refractivity contribution is 9.24. The summed E-state index contributed by atoms with van der Waals surface area (Å²) >= 11 is 6.12. The maximum atomic E-state index is 5.98. The van der Waals surface area contributed by atoms with Gasteiger partial charge >= 0.3 is 14.2 Å². The van der Waals surface area contributed by atoms with Gasteiger partial charge in [-0.3, -0.25) is 0 Å². The van der Waals surface area contributed by atoms with Crippen LogP contribution < -0.4 is 0 Å². The third-order valence-corrected chi connectivity index (χ3v) is 4.99. The Morgan fingerprint density at radius 3 is 0.857 bits per heavy atom. The third kappa shape index (κ3) is 9.82. The molecular formula is C20H48B2Br2O4. The molecular weight excluding hydrogens is 486 g/mol. The molecule has 0 aromatic carbocycles. The van der Waals surface area contributed by atoms with Gasteiger partial charge in [0, 0.05) is 6.22 Å². The van der Waals surface area contributed by atoms with Gasteiger partial charge < -0.3 is 18.6 Å². The average Bonchev–Trinajstić information content (AvgIpc) is 2.69. The molecule has 0 spiro atoms. The Hall–Kier alpha value is 0.930. The lowest BCUT2D eigenvalue weighted by atomic mass is 9.64. The Kier molecular flexibility index (Phi) is 18.3. The van der Waals surface area contributed by atoms with E-state index in [2.05, 4.69) is 101 Å². The Labute approximate surface area is 195 Å². The lowest BCUT2D eigenvalue weighted by Crippen LogP contribution is -2.41. The van der Waals surface area contributed by atoms with E-state index >= 15 is 0 Å². The molecule has 2 saturated heterocycles. The van der Waals surface area contributed by atoms with Crippen molar-refractivity contribution >= 4 is 46.1 Å². The van der Waals surface area contributed by atoms with Crippen molar-refractivity contribution < 1.29 is 18.6 Å². The first-order valence-corrected chi connectivity index (χ1v) is 11.3. The van der Waals surface area contributed by atoms with Gasteiger partial charge in [-0.2, -0.15) is 0 Å². The lowest BCUT2D eigenvalue weighted by Gasteiger charge is -2.32. The number of hydrogen-bond acceptors (Lipinski definition) is 4. The molecule has 8 heteroatoms. The minimum absolute atomic E-state index is 0. The molecule has 0 N–H and O–H groups in total. The summed E-state index contributed by atoms with van der Waals surface area (Å²) in [6.07, 6.45) is 1.85. The second-order valence-corrected chi connectivity index (χ2v) is 11.0. The number of alkyl halides is 2.